The van der Waals surface area contributed by atoms with Crippen molar-refractivity contribution in [3.8, 4) is 18.1 Å². The van der Waals surface area contributed by atoms with Crippen LogP contribution in [0.1, 0.15) is 12.5 Å². The van der Waals surface area contributed by atoms with Gasteiger partial charge >= 0.3 is 5.63 Å². The van der Waals surface area contributed by atoms with E-state index < -0.39 is 0 Å². The molecule has 1 aromatic carbocycles. The van der Waals surface area contributed by atoms with Crippen LogP contribution in [0.3, 0.4) is 0 Å². The van der Waals surface area contributed by atoms with Gasteiger partial charge in [-0.15, -0.1) is 6.42 Å². The molecule has 0 saturated heterocycles. The molecule has 0 aliphatic carbocycles. The summed E-state index contributed by atoms with van der Waals surface area (Å²) in [5.41, 5.74) is 1.03. The lowest BCUT2D eigenvalue weighted by Gasteiger charge is -2.09. The third kappa shape index (κ3) is 2.31. The molecule has 3 heteroatoms. The Labute approximate surface area is 99.0 Å². The fourth-order valence-corrected chi connectivity index (χ4v) is 1.62. The van der Waals surface area contributed by atoms with Crippen LogP contribution in [0.15, 0.2) is 33.5 Å². The fourth-order valence-electron chi connectivity index (χ4n) is 1.62. The molecule has 0 amide bonds. The van der Waals surface area contributed by atoms with Gasteiger partial charge in [-0.2, -0.15) is 0 Å². The molecule has 0 bridgehead atoms. The van der Waals surface area contributed by atoms with Crippen LogP contribution in [-0.4, -0.2) is 6.10 Å². The van der Waals surface area contributed by atoms with E-state index in [-0.39, 0.29) is 11.7 Å². The zero-order chi connectivity index (χ0) is 12.4. The largest absolute Gasteiger partial charge is 0.478 e. The van der Waals surface area contributed by atoms with Crippen LogP contribution < -0.4 is 10.4 Å². The zero-order valence-corrected chi connectivity index (χ0v) is 9.69. The minimum absolute atomic E-state index is 0.316. The molecule has 1 atom stereocenters. The van der Waals surface area contributed by atoms with Gasteiger partial charge in [-0.05, 0) is 31.5 Å². The summed E-state index contributed by atoms with van der Waals surface area (Å²) >= 11 is 0. The average Bonchev–Trinajstić information content (AvgIpc) is 2.28. The molecule has 0 saturated carbocycles. The molecule has 2 aromatic rings. The highest BCUT2D eigenvalue weighted by Gasteiger charge is 2.05. The maximum atomic E-state index is 11.3. The van der Waals surface area contributed by atoms with Crippen molar-refractivity contribution < 1.29 is 9.15 Å². The van der Waals surface area contributed by atoms with Crippen LogP contribution in [0.4, 0.5) is 0 Å². The van der Waals surface area contributed by atoms with E-state index in [4.69, 9.17) is 15.6 Å². The summed E-state index contributed by atoms with van der Waals surface area (Å²) in [4.78, 5) is 11.3. The van der Waals surface area contributed by atoms with Crippen LogP contribution in [0.5, 0.6) is 5.75 Å². The van der Waals surface area contributed by atoms with Crippen molar-refractivity contribution in [2.45, 2.75) is 20.0 Å². The Hall–Kier alpha value is -2.21. The second-order valence-electron chi connectivity index (χ2n) is 3.83. The Kier molecular flexibility index (Phi) is 2.88. The third-order valence-corrected chi connectivity index (χ3v) is 2.47. The van der Waals surface area contributed by atoms with Gasteiger partial charge in [0, 0.05) is 17.5 Å². The standard InChI is InChI=1S/C14H12O3/c1-4-10(3)16-11-5-6-12-9(2)7-14(15)17-13(12)8-11/h1,5-8,10H,2-3H3. The van der Waals surface area contributed by atoms with E-state index in [0.29, 0.717) is 11.3 Å². The minimum Gasteiger partial charge on any atom is -0.478 e. The molecule has 86 valence electrons. The Morgan fingerprint density at radius 2 is 2.18 bits per heavy atom. The van der Waals surface area contributed by atoms with Gasteiger partial charge in [-0.25, -0.2) is 4.79 Å². The van der Waals surface area contributed by atoms with E-state index in [2.05, 4.69) is 5.92 Å². The first-order valence-corrected chi connectivity index (χ1v) is 5.27. The highest BCUT2D eigenvalue weighted by atomic mass is 16.5. The van der Waals surface area contributed by atoms with E-state index >= 15 is 0 Å². The first kappa shape index (κ1) is 11.3. The molecule has 3 nitrogen and oxygen atoms in total. The van der Waals surface area contributed by atoms with Crippen LogP contribution >= 0.6 is 0 Å². The fraction of sp³-hybridized carbons (Fsp3) is 0.214. The normalized spacial score (nSPS) is 12.1. The quantitative estimate of drug-likeness (QED) is 0.585. The van der Waals surface area contributed by atoms with Gasteiger partial charge in [-0.1, -0.05) is 5.92 Å². The first-order valence-electron chi connectivity index (χ1n) is 5.27. The number of fused-ring (bicyclic) bond motifs is 1. The average molecular weight is 228 g/mol. The lowest BCUT2D eigenvalue weighted by molar-refractivity contribution is 0.279. The predicted octanol–water partition coefficient (Wildman–Crippen LogP) is 2.50. The summed E-state index contributed by atoms with van der Waals surface area (Å²) in [6, 6.07) is 6.81. The summed E-state index contributed by atoms with van der Waals surface area (Å²) < 4.78 is 10.6. The highest BCUT2D eigenvalue weighted by molar-refractivity contribution is 5.81. The number of hydrogen-bond acceptors (Lipinski definition) is 3. The van der Waals surface area contributed by atoms with Gasteiger partial charge in [-0.3, -0.25) is 0 Å². The van der Waals surface area contributed by atoms with Gasteiger partial charge in [0.15, 0.2) is 6.10 Å². The second-order valence-corrected chi connectivity index (χ2v) is 3.83. The van der Waals surface area contributed by atoms with E-state index in [1.165, 1.54) is 6.07 Å². The van der Waals surface area contributed by atoms with E-state index in [9.17, 15) is 4.79 Å². The van der Waals surface area contributed by atoms with Crippen LogP contribution in [0.25, 0.3) is 11.0 Å². The Morgan fingerprint density at radius 1 is 1.41 bits per heavy atom. The monoisotopic (exact) mass is 228 g/mol. The van der Waals surface area contributed by atoms with E-state index in [0.717, 1.165) is 10.9 Å². The topological polar surface area (TPSA) is 39.4 Å². The molecule has 17 heavy (non-hydrogen) atoms. The van der Waals surface area contributed by atoms with E-state index in [1.807, 2.05) is 19.1 Å². The lowest BCUT2D eigenvalue weighted by atomic mass is 10.1. The zero-order valence-electron chi connectivity index (χ0n) is 9.69. The number of aryl methyl sites for hydroxylation is 1. The Balaban J connectivity index is 2.51. The van der Waals surface area contributed by atoms with Crippen molar-refractivity contribution >= 4 is 11.0 Å². The van der Waals surface area contributed by atoms with Gasteiger partial charge in [0.1, 0.15) is 11.3 Å². The molecule has 0 aliphatic rings. The van der Waals surface area contributed by atoms with Gasteiger partial charge in [0.2, 0.25) is 0 Å². The molecule has 0 aliphatic heterocycles. The number of benzene rings is 1. The molecule has 1 aromatic heterocycles. The summed E-state index contributed by atoms with van der Waals surface area (Å²) in [6.45, 7) is 3.64. The molecule has 0 spiro atoms. The summed E-state index contributed by atoms with van der Waals surface area (Å²) in [5, 5.41) is 0.894. The van der Waals surface area contributed by atoms with Crippen LogP contribution in [-0.2, 0) is 0 Å². The SMILES string of the molecule is C#CC(C)Oc1ccc2c(C)cc(=O)oc2c1. The van der Waals surface area contributed by atoms with Gasteiger partial charge in [0.05, 0.1) is 0 Å². The van der Waals surface area contributed by atoms with Gasteiger partial charge in [0.25, 0.3) is 0 Å². The van der Waals surface area contributed by atoms with Crippen molar-refractivity contribution in [3.63, 3.8) is 0 Å². The Morgan fingerprint density at radius 3 is 2.88 bits per heavy atom. The van der Waals surface area contributed by atoms with Crippen molar-refractivity contribution in [2.75, 3.05) is 0 Å². The molecule has 0 N–H and O–H groups in total. The smallest absolute Gasteiger partial charge is 0.336 e. The number of rotatable bonds is 2. The second kappa shape index (κ2) is 4.34. The van der Waals surface area contributed by atoms with Crippen LogP contribution in [0, 0.1) is 19.3 Å². The molecule has 0 radical (unpaired) electrons. The molecular weight excluding hydrogens is 216 g/mol. The van der Waals surface area contributed by atoms with Crippen molar-refractivity contribution in [2.24, 2.45) is 0 Å². The Bertz CT molecular complexity index is 647. The lowest BCUT2D eigenvalue weighted by Crippen LogP contribution is -2.08. The molecule has 0 fully saturated rings. The third-order valence-electron chi connectivity index (χ3n) is 2.47. The van der Waals surface area contributed by atoms with E-state index in [1.54, 1.807) is 13.0 Å². The highest BCUT2D eigenvalue weighted by Crippen LogP contribution is 2.22. The maximum Gasteiger partial charge on any atom is 0.336 e. The first-order chi connectivity index (χ1) is 8.10. The summed E-state index contributed by atoms with van der Waals surface area (Å²) in [7, 11) is 0. The maximum absolute atomic E-state index is 11.3. The number of ether oxygens (including phenoxy) is 1. The predicted molar refractivity (Wildman–Crippen MR) is 66.1 cm³/mol. The van der Waals surface area contributed by atoms with Crippen molar-refractivity contribution in [1.29, 1.82) is 0 Å². The summed E-state index contributed by atoms with van der Waals surface area (Å²) in [6.07, 6.45) is 4.92. The summed E-state index contributed by atoms with van der Waals surface area (Å²) in [5.74, 6) is 3.06. The molecule has 2 rings (SSSR count). The minimum atomic E-state index is -0.364. The molecule has 1 heterocycles. The van der Waals surface area contributed by atoms with Crippen LogP contribution in [0.2, 0.25) is 0 Å². The number of terminal acetylenes is 1. The number of hydrogen-bond donors (Lipinski definition) is 0. The van der Waals surface area contributed by atoms with Gasteiger partial charge < -0.3 is 9.15 Å². The van der Waals surface area contributed by atoms with Crippen molar-refractivity contribution in [1.82, 2.24) is 0 Å². The molecular formula is C14H12O3. The van der Waals surface area contributed by atoms with Crippen molar-refractivity contribution in [3.05, 3.63) is 40.2 Å². The molecule has 1 unspecified atom stereocenters.